The monoisotopic (exact) mass is 423 g/mol. The van der Waals surface area contributed by atoms with Crippen molar-refractivity contribution >= 4 is 29.1 Å². The minimum atomic E-state index is -0.856. The Balaban J connectivity index is 1.87. The molecule has 1 N–H and O–H groups in total. The smallest absolute Gasteiger partial charge is 0.296 e. The van der Waals surface area contributed by atoms with Crippen molar-refractivity contribution in [2.45, 2.75) is 12.6 Å². The molecular weight excluding hydrogens is 406 g/mol. The third-order valence-electron chi connectivity index (χ3n) is 5.01. The summed E-state index contributed by atoms with van der Waals surface area (Å²) in [7, 11) is 1.53. The van der Waals surface area contributed by atoms with E-state index in [-0.39, 0.29) is 17.9 Å². The lowest BCUT2D eigenvalue weighted by molar-refractivity contribution is -0.140. The Morgan fingerprint density at radius 1 is 1.10 bits per heavy atom. The SMILES string of the molecule is COc1ccc(/C(O)=C2\C(=O)C(=O)N(Cc3ccco3)[C@H]2c2ccccc2Cl)cc1. The van der Waals surface area contributed by atoms with Crippen LogP contribution >= 0.6 is 11.6 Å². The summed E-state index contributed by atoms with van der Waals surface area (Å²) in [6.07, 6.45) is 1.49. The predicted octanol–water partition coefficient (Wildman–Crippen LogP) is 4.56. The second-order valence-electron chi connectivity index (χ2n) is 6.76. The van der Waals surface area contributed by atoms with Crippen LogP contribution in [0.4, 0.5) is 0 Å². The number of carbonyl (C=O) groups excluding carboxylic acids is 2. The molecule has 3 aromatic rings. The van der Waals surface area contributed by atoms with E-state index < -0.39 is 17.7 Å². The zero-order chi connectivity index (χ0) is 21.3. The number of ketones is 1. The lowest BCUT2D eigenvalue weighted by Gasteiger charge is -2.25. The minimum Gasteiger partial charge on any atom is -0.507 e. The van der Waals surface area contributed by atoms with Gasteiger partial charge in [0.1, 0.15) is 17.3 Å². The van der Waals surface area contributed by atoms with Gasteiger partial charge < -0.3 is 19.2 Å². The van der Waals surface area contributed by atoms with Crippen molar-refractivity contribution in [3.8, 4) is 5.75 Å². The first-order valence-electron chi connectivity index (χ1n) is 9.21. The van der Waals surface area contributed by atoms with Crippen LogP contribution in [0.1, 0.15) is 22.9 Å². The Hall–Kier alpha value is -3.51. The summed E-state index contributed by atoms with van der Waals surface area (Å²) in [4.78, 5) is 27.2. The molecule has 0 aliphatic carbocycles. The highest BCUT2D eigenvalue weighted by atomic mass is 35.5. The number of methoxy groups -OCH3 is 1. The van der Waals surface area contributed by atoms with E-state index in [9.17, 15) is 14.7 Å². The lowest BCUT2D eigenvalue weighted by Crippen LogP contribution is -2.29. The van der Waals surface area contributed by atoms with Crippen molar-refractivity contribution in [3.05, 3.63) is 94.4 Å². The molecule has 1 aliphatic heterocycles. The minimum absolute atomic E-state index is 0.0233. The molecule has 1 aliphatic rings. The molecule has 0 saturated carbocycles. The first-order valence-corrected chi connectivity index (χ1v) is 9.58. The average molecular weight is 424 g/mol. The highest BCUT2D eigenvalue weighted by molar-refractivity contribution is 6.46. The molecule has 0 spiro atoms. The van der Waals surface area contributed by atoms with Gasteiger partial charge in [-0.15, -0.1) is 0 Å². The summed E-state index contributed by atoms with van der Waals surface area (Å²) in [5.74, 6) is -0.667. The number of benzene rings is 2. The summed E-state index contributed by atoms with van der Waals surface area (Å²) < 4.78 is 10.5. The number of Topliss-reactive ketones (excluding diaryl/α,β-unsaturated/α-hetero) is 1. The van der Waals surface area contributed by atoms with Gasteiger partial charge in [-0.05, 0) is 48.0 Å². The molecule has 1 saturated heterocycles. The summed E-state index contributed by atoms with van der Waals surface area (Å²) in [5, 5.41) is 11.4. The van der Waals surface area contributed by atoms with Crippen LogP contribution in [0.5, 0.6) is 5.75 Å². The van der Waals surface area contributed by atoms with Crippen molar-refractivity contribution in [1.29, 1.82) is 0 Å². The number of likely N-dealkylation sites (tertiary alicyclic amines) is 1. The van der Waals surface area contributed by atoms with Crippen LogP contribution in [0.15, 0.2) is 76.9 Å². The maximum absolute atomic E-state index is 13.0. The van der Waals surface area contributed by atoms with Gasteiger partial charge >= 0.3 is 0 Å². The van der Waals surface area contributed by atoms with Gasteiger partial charge in [-0.2, -0.15) is 0 Å². The topological polar surface area (TPSA) is 80.0 Å². The van der Waals surface area contributed by atoms with E-state index in [1.807, 2.05) is 0 Å². The molecule has 1 amide bonds. The molecule has 1 aromatic heterocycles. The zero-order valence-electron chi connectivity index (χ0n) is 16.0. The Morgan fingerprint density at radius 3 is 2.47 bits per heavy atom. The Morgan fingerprint density at radius 2 is 1.83 bits per heavy atom. The Bertz CT molecular complexity index is 1120. The van der Waals surface area contributed by atoms with E-state index >= 15 is 0 Å². The first-order chi connectivity index (χ1) is 14.5. The van der Waals surface area contributed by atoms with Gasteiger partial charge in [0.05, 0.1) is 31.5 Å². The quantitative estimate of drug-likeness (QED) is 0.369. The normalized spacial score (nSPS) is 18.1. The van der Waals surface area contributed by atoms with E-state index in [2.05, 4.69) is 0 Å². The molecule has 4 rings (SSSR count). The van der Waals surface area contributed by atoms with Crippen molar-refractivity contribution in [3.63, 3.8) is 0 Å². The number of hydrogen-bond donors (Lipinski definition) is 1. The molecule has 1 fully saturated rings. The maximum atomic E-state index is 13.0. The highest BCUT2D eigenvalue weighted by Crippen LogP contribution is 2.42. The molecule has 0 unspecified atom stereocenters. The van der Waals surface area contributed by atoms with Crippen molar-refractivity contribution < 1.29 is 23.8 Å². The second kappa shape index (κ2) is 8.08. The van der Waals surface area contributed by atoms with E-state index in [4.69, 9.17) is 20.8 Å². The van der Waals surface area contributed by atoms with Crippen LogP contribution in [0.3, 0.4) is 0 Å². The lowest BCUT2D eigenvalue weighted by atomic mass is 9.95. The largest absolute Gasteiger partial charge is 0.507 e. The van der Waals surface area contributed by atoms with Gasteiger partial charge in [0.25, 0.3) is 11.7 Å². The predicted molar refractivity (Wildman–Crippen MR) is 111 cm³/mol. The number of carbonyl (C=O) groups is 2. The molecule has 2 aromatic carbocycles. The number of rotatable bonds is 5. The summed E-state index contributed by atoms with van der Waals surface area (Å²) in [5.41, 5.74) is 0.911. The molecule has 30 heavy (non-hydrogen) atoms. The molecule has 2 heterocycles. The number of hydrogen-bond acceptors (Lipinski definition) is 5. The Kier molecular flexibility index (Phi) is 5.33. The number of ether oxygens (including phenoxy) is 1. The molecule has 7 heteroatoms. The van der Waals surface area contributed by atoms with Crippen LogP contribution < -0.4 is 4.74 Å². The fourth-order valence-electron chi connectivity index (χ4n) is 3.54. The molecule has 1 atom stereocenters. The van der Waals surface area contributed by atoms with Crippen LogP contribution in [-0.2, 0) is 16.1 Å². The number of nitrogens with zero attached hydrogens (tertiary/aromatic N) is 1. The average Bonchev–Trinajstić information content (AvgIpc) is 3.36. The fourth-order valence-corrected chi connectivity index (χ4v) is 3.78. The standard InChI is InChI=1S/C23H18ClNO5/c1-29-15-10-8-14(9-11-15)21(26)19-20(17-6-2-3-7-18(17)24)25(23(28)22(19)27)13-16-5-4-12-30-16/h2-12,20,26H,13H2,1H3/b21-19+/t20-/m0/s1. The van der Waals surface area contributed by atoms with Crippen molar-refractivity contribution in [1.82, 2.24) is 4.90 Å². The number of amides is 1. The van der Waals surface area contributed by atoms with Gasteiger partial charge in [0, 0.05) is 10.6 Å². The van der Waals surface area contributed by atoms with E-state index in [0.717, 1.165) is 0 Å². The molecule has 0 bridgehead atoms. The van der Waals surface area contributed by atoms with E-state index in [1.54, 1.807) is 60.7 Å². The summed E-state index contributed by atoms with van der Waals surface area (Å²) in [6.45, 7) is 0.0624. The van der Waals surface area contributed by atoms with Gasteiger partial charge in [0.15, 0.2) is 0 Å². The highest BCUT2D eigenvalue weighted by Gasteiger charge is 2.47. The summed E-state index contributed by atoms with van der Waals surface area (Å²) in [6, 6.07) is 16.1. The van der Waals surface area contributed by atoms with Gasteiger partial charge in [-0.3, -0.25) is 9.59 Å². The summed E-state index contributed by atoms with van der Waals surface area (Å²) >= 11 is 6.41. The maximum Gasteiger partial charge on any atom is 0.296 e. The fraction of sp³-hybridized carbons (Fsp3) is 0.130. The van der Waals surface area contributed by atoms with Crippen LogP contribution in [0.25, 0.3) is 5.76 Å². The van der Waals surface area contributed by atoms with E-state index in [1.165, 1.54) is 18.3 Å². The molecular formula is C23H18ClNO5. The van der Waals surface area contributed by atoms with Gasteiger partial charge in [0.2, 0.25) is 0 Å². The number of aliphatic hydroxyl groups is 1. The number of aliphatic hydroxyl groups excluding tert-OH is 1. The Labute approximate surface area is 177 Å². The van der Waals surface area contributed by atoms with Crippen LogP contribution in [-0.4, -0.2) is 28.8 Å². The zero-order valence-corrected chi connectivity index (χ0v) is 16.8. The number of halogens is 1. The second-order valence-corrected chi connectivity index (χ2v) is 7.16. The third-order valence-corrected chi connectivity index (χ3v) is 5.35. The first kappa shape index (κ1) is 19.8. The molecule has 152 valence electrons. The number of furan rings is 1. The van der Waals surface area contributed by atoms with Crippen molar-refractivity contribution in [2.75, 3.05) is 7.11 Å². The van der Waals surface area contributed by atoms with Crippen molar-refractivity contribution in [2.24, 2.45) is 0 Å². The molecule has 6 nitrogen and oxygen atoms in total. The van der Waals surface area contributed by atoms with Crippen LogP contribution in [0, 0.1) is 0 Å². The van der Waals surface area contributed by atoms with Gasteiger partial charge in [-0.25, -0.2) is 0 Å². The molecule has 0 radical (unpaired) electrons. The van der Waals surface area contributed by atoms with Crippen LogP contribution in [0.2, 0.25) is 5.02 Å². The van der Waals surface area contributed by atoms with E-state index in [0.29, 0.717) is 27.7 Å². The van der Waals surface area contributed by atoms with Gasteiger partial charge in [-0.1, -0.05) is 29.8 Å². The third kappa shape index (κ3) is 3.46.